The molecule has 0 saturated carbocycles. The molecule has 0 amide bonds. The van der Waals surface area contributed by atoms with Gasteiger partial charge in [-0.15, -0.1) is 0 Å². The van der Waals surface area contributed by atoms with E-state index in [9.17, 15) is 0 Å². The molecule has 0 aliphatic heterocycles. The molecule has 4 rings (SSSR count). The molecule has 2 aromatic carbocycles. The Kier molecular flexibility index (Phi) is 3.99. The minimum absolute atomic E-state index is 0.413. The van der Waals surface area contributed by atoms with Crippen LogP contribution in [0.25, 0.3) is 22.4 Å². The number of pyridine rings is 1. The Hall–Kier alpha value is -3.05. The number of hydrogen-bond donors (Lipinski definition) is 1. The zero-order chi connectivity index (χ0) is 17.2. The van der Waals surface area contributed by atoms with Crippen molar-refractivity contribution in [1.82, 2.24) is 14.5 Å². The van der Waals surface area contributed by atoms with Gasteiger partial charge in [0.15, 0.2) is 0 Å². The van der Waals surface area contributed by atoms with Crippen LogP contribution in [0, 0.1) is 0 Å². The monoisotopic (exact) mass is 344 g/mol. The number of benzene rings is 2. The minimum Gasteiger partial charge on any atom is -0.389 e. The van der Waals surface area contributed by atoms with Crippen molar-refractivity contribution < 1.29 is 0 Å². The highest BCUT2D eigenvalue weighted by Gasteiger charge is 2.13. The van der Waals surface area contributed by atoms with Gasteiger partial charge in [-0.05, 0) is 29.8 Å². The lowest BCUT2D eigenvalue weighted by Crippen LogP contribution is -2.09. The summed E-state index contributed by atoms with van der Waals surface area (Å²) in [5.74, 6) is 0.910. The molecule has 25 heavy (non-hydrogen) atoms. The molecular weight excluding hydrogens is 328 g/mol. The average molecular weight is 344 g/mol. The fourth-order valence-electron chi connectivity index (χ4n) is 2.91. The lowest BCUT2D eigenvalue weighted by atomic mass is 10.1. The summed E-state index contributed by atoms with van der Waals surface area (Å²) in [6.07, 6.45) is 3.61. The topological polar surface area (TPSA) is 56.7 Å². The van der Waals surface area contributed by atoms with Crippen LogP contribution in [0.3, 0.4) is 0 Å². The van der Waals surface area contributed by atoms with Gasteiger partial charge in [0, 0.05) is 30.1 Å². The number of thiocarbonyl (C=S) groups is 1. The maximum absolute atomic E-state index is 5.68. The van der Waals surface area contributed by atoms with Crippen LogP contribution in [0.1, 0.15) is 11.1 Å². The van der Waals surface area contributed by atoms with Crippen molar-refractivity contribution in [3.8, 4) is 11.4 Å². The molecule has 0 aliphatic carbocycles. The summed E-state index contributed by atoms with van der Waals surface area (Å²) in [6.45, 7) is 0.711. The number of rotatable bonds is 4. The lowest BCUT2D eigenvalue weighted by molar-refractivity contribution is 0.833. The van der Waals surface area contributed by atoms with Gasteiger partial charge >= 0.3 is 0 Å². The van der Waals surface area contributed by atoms with Crippen molar-refractivity contribution in [2.75, 3.05) is 0 Å². The molecule has 0 unspecified atom stereocenters. The van der Waals surface area contributed by atoms with E-state index in [4.69, 9.17) is 22.9 Å². The third kappa shape index (κ3) is 3.02. The van der Waals surface area contributed by atoms with Crippen molar-refractivity contribution in [3.63, 3.8) is 0 Å². The predicted octanol–water partition coefficient (Wildman–Crippen LogP) is 3.78. The van der Waals surface area contributed by atoms with Crippen LogP contribution in [0.2, 0.25) is 0 Å². The number of imidazole rings is 1. The summed E-state index contributed by atoms with van der Waals surface area (Å²) in [5.41, 5.74) is 10.8. The third-order valence-corrected chi connectivity index (χ3v) is 4.39. The maximum Gasteiger partial charge on any atom is 0.143 e. The molecule has 122 valence electrons. The molecule has 0 atom stereocenters. The van der Waals surface area contributed by atoms with Gasteiger partial charge in [-0.25, -0.2) is 4.98 Å². The van der Waals surface area contributed by atoms with E-state index in [0.29, 0.717) is 11.5 Å². The molecule has 0 radical (unpaired) electrons. The van der Waals surface area contributed by atoms with Crippen LogP contribution in [-0.2, 0) is 6.54 Å². The van der Waals surface area contributed by atoms with E-state index in [2.05, 4.69) is 27.8 Å². The Labute approximate surface area is 151 Å². The molecule has 0 aliphatic rings. The van der Waals surface area contributed by atoms with E-state index >= 15 is 0 Å². The number of para-hydroxylation sites is 2. The summed E-state index contributed by atoms with van der Waals surface area (Å²) >= 11 is 5.02. The Balaban J connectivity index is 1.81. The van der Waals surface area contributed by atoms with Gasteiger partial charge in [0.25, 0.3) is 0 Å². The molecule has 0 bridgehead atoms. The van der Waals surface area contributed by atoms with Gasteiger partial charge in [0.2, 0.25) is 0 Å². The Morgan fingerprint density at radius 3 is 2.52 bits per heavy atom. The van der Waals surface area contributed by atoms with Gasteiger partial charge in [-0.1, -0.05) is 48.6 Å². The van der Waals surface area contributed by atoms with Crippen LogP contribution in [0.15, 0.2) is 73.1 Å². The smallest absolute Gasteiger partial charge is 0.143 e. The first-order valence-electron chi connectivity index (χ1n) is 7.97. The zero-order valence-corrected chi connectivity index (χ0v) is 14.3. The van der Waals surface area contributed by atoms with E-state index < -0.39 is 0 Å². The normalized spacial score (nSPS) is 10.9. The Bertz CT molecular complexity index is 1040. The van der Waals surface area contributed by atoms with Gasteiger partial charge in [0.05, 0.1) is 11.0 Å². The van der Waals surface area contributed by atoms with E-state index in [-0.39, 0.29) is 0 Å². The number of nitrogens with two attached hydrogens (primary N) is 1. The summed E-state index contributed by atoms with van der Waals surface area (Å²) in [4.78, 5) is 9.45. The Morgan fingerprint density at radius 1 is 1.00 bits per heavy atom. The number of aromatic nitrogens is 3. The molecule has 0 fully saturated rings. The molecule has 0 saturated heterocycles. The van der Waals surface area contributed by atoms with E-state index in [1.807, 2.05) is 48.7 Å². The van der Waals surface area contributed by atoms with Crippen molar-refractivity contribution in [2.45, 2.75) is 6.54 Å². The molecule has 2 N–H and O–H groups in total. The first-order valence-corrected chi connectivity index (χ1v) is 8.37. The summed E-state index contributed by atoms with van der Waals surface area (Å²) in [5, 5.41) is 0. The maximum atomic E-state index is 5.68. The summed E-state index contributed by atoms with van der Waals surface area (Å²) in [7, 11) is 0. The quantitative estimate of drug-likeness (QED) is 0.573. The minimum atomic E-state index is 0.413. The van der Waals surface area contributed by atoms with Crippen LogP contribution in [-0.4, -0.2) is 19.5 Å². The standard InChI is InChI=1S/C20H16N4S/c21-19(25)15-9-7-14(8-10-15)13-24-18-6-2-1-5-17(18)23-20(24)16-4-3-11-22-12-16/h1-12H,13H2,(H2,21,25). The molecular formula is C20H16N4S. The number of fused-ring (bicyclic) bond motifs is 1. The number of nitrogens with zero attached hydrogens (tertiary/aromatic N) is 3. The van der Waals surface area contributed by atoms with Gasteiger partial charge in [-0.3, -0.25) is 4.98 Å². The molecule has 0 spiro atoms. The first-order chi connectivity index (χ1) is 12.2. The summed E-state index contributed by atoms with van der Waals surface area (Å²) < 4.78 is 2.21. The largest absolute Gasteiger partial charge is 0.389 e. The second-order valence-corrected chi connectivity index (χ2v) is 6.25. The second kappa shape index (κ2) is 6.45. The van der Waals surface area contributed by atoms with Crippen LogP contribution in [0.5, 0.6) is 0 Å². The van der Waals surface area contributed by atoms with E-state index in [1.54, 1.807) is 6.20 Å². The number of hydrogen-bond acceptors (Lipinski definition) is 3. The van der Waals surface area contributed by atoms with Crippen molar-refractivity contribution in [1.29, 1.82) is 0 Å². The molecule has 4 nitrogen and oxygen atoms in total. The van der Waals surface area contributed by atoms with Crippen molar-refractivity contribution in [3.05, 3.63) is 84.2 Å². The fraction of sp³-hybridized carbons (Fsp3) is 0.0500. The van der Waals surface area contributed by atoms with Crippen molar-refractivity contribution >= 4 is 28.2 Å². The van der Waals surface area contributed by atoms with E-state index in [0.717, 1.165) is 33.5 Å². The molecule has 2 heterocycles. The predicted molar refractivity (Wildman–Crippen MR) is 104 cm³/mol. The Morgan fingerprint density at radius 2 is 1.80 bits per heavy atom. The van der Waals surface area contributed by atoms with Gasteiger partial charge in [0.1, 0.15) is 10.8 Å². The van der Waals surface area contributed by atoms with Crippen LogP contribution >= 0.6 is 12.2 Å². The van der Waals surface area contributed by atoms with E-state index in [1.165, 1.54) is 0 Å². The molecule has 2 aromatic heterocycles. The van der Waals surface area contributed by atoms with Gasteiger partial charge < -0.3 is 10.3 Å². The van der Waals surface area contributed by atoms with Gasteiger partial charge in [-0.2, -0.15) is 0 Å². The second-order valence-electron chi connectivity index (χ2n) is 5.81. The van der Waals surface area contributed by atoms with Crippen LogP contribution < -0.4 is 5.73 Å². The lowest BCUT2D eigenvalue weighted by Gasteiger charge is -2.10. The highest BCUT2D eigenvalue weighted by atomic mass is 32.1. The SMILES string of the molecule is NC(=S)c1ccc(Cn2c(-c3cccnc3)nc3ccccc32)cc1. The molecule has 5 heteroatoms. The first kappa shape index (κ1) is 15.5. The zero-order valence-electron chi connectivity index (χ0n) is 13.5. The van der Waals surface area contributed by atoms with Crippen molar-refractivity contribution in [2.24, 2.45) is 5.73 Å². The van der Waals surface area contributed by atoms with Crippen LogP contribution in [0.4, 0.5) is 0 Å². The fourth-order valence-corrected chi connectivity index (χ4v) is 3.04. The third-order valence-electron chi connectivity index (χ3n) is 4.15. The summed E-state index contributed by atoms with van der Waals surface area (Å²) in [6, 6.07) is 20.1. The highest BCUT2D eigenvalue weighted by molar-refractivity contribution is 7.80. The highest BCUT2D eigenvalue weighted by Crippen LogP contribution is 2.25. The average Bonchev–Trinajstić information content (AvgIpc) is 3.02. The molecule has 4 aromatic rings.